The molecule has 6 atom stereocenters. The molecular formula is C33H46BrN3O4S. The summed E-state index contributed by atoms with van der Waals surface area (Å²) in [5.74, 6) is -1.28. The van der Waals surface area contributed by atoms with E-state index >= 15 is 0 Å². The van der Waals surface area contributed by atoms with Crippen molar-refractivity contribution in [2.24, 2.45) is 11.8 Å². The molecule has 3 fully saturated rings. The number of fused-ring (bicyclic) bond motifs is 1. The van der Waals surface area contributed by atoms with E-state index in [2.05, 4.69) is 29.1 Å². The largest absolute Gasteiger partial charge is 0.396 e. The molecule has 1 aromatic carbocycles. The Morgan fingerprint density at radius 2 is 1.76 bits per heavy atom. The van der Waals surface area contributed by atoms with Gasteiger partial charge in [-0.2, -0.15) is 0 Å². The monoisotopic (exact) mass is 659 g/mol. The SMILES string of the molecule is C=CCN(Cc1ccccc1)C(=O)[C@H]1[C@H]2C(=O)N(CCCCCCO)C(C(=O)N(CC=C)C(C)(C)C)C23CC(Br)[C@@H]1S3. The van der Waals surface area contributed by atoms with E-state index in [1.54, 1.807) is 28.8 Å². The second kappa shape index (κ2) is 13.7. The lowest BCUT2D eigenvalue weighted by atomic mass is 9.70. The van der Waals surface area contributed by atoms with Crippen molar-refractivity contribution in [3.05, 3.63) is 61.2 Å². The van der Waals surface area contributed by atoms with Crippen molar-refractivity contribution >= 4 is 45.4 Å². The molecule has 3 aliphatic heterocycles. The lowest BCUT2D eigenvalue weighted by molar-refractivity contribution is -0.146. The van der Waals surface area contributed by atoms with Crippen molar-refractivity contribution in [2.45, 2.75) is 85.8 Å². The fourth-order valence-corrected chi connectivity index (χ4v) is 10.7. The van der Waals surface area contributed by atoms with Crippen molar-refractivity contribution < 1.29 is 19.5 Å². The van der Waals surface area contributed by atoms with Gasteiger partial charge in [0.25, 0.3) is 0 Å². The van der Waals surface area contributed by atoms with Gasteiger partial charge >= 0.3 is 0 Å². The minimum atomic E-state index is -0.685. The van der Waals surface area contributed by atoms with E-state index < -0.39 is 28.2 Å². The number of aliphatic hydroxyl groups is 1. The van der Waals surface area contributed by atoms with Crippen LogP contribution in [0.25, 0.3) is 0 Å². The Morgan fingerprint density at radius 3 is 2.38 bits per heavy atom. The fourth-order valence-electron chi connectivity index (χ4n) is 7.05. The lowest BCUT2D eigenvalue weighted by Crippen LogP contribution is -2.59. The summed E-state index contributed by atoms with van der Waals surface area (Å²) in [7, 11) is 0. The van der Waals surface area contributed by atoms with Gasteiger partial charge in [0.2, 0.25) is 17.7 Å². The molecule has 1 N–H and O–H groups in total. The van der Waals surface area contributed by atoms with Gasteiger partial charge in [-0.25, -0.2) is 0 Å². The van der Waals surface area contributed by atoms with Gasteiger partial charge in [-0.3, -0.25) is 14.4 Å². The van der Waals surface area contributed by atoms with Crippen LogP contribution in [0.2, 0.25) is 0 Å². The smallest absolute Gasteiger partial charge is 0.247 e. The Balaban J connectivity index is 1.72. The van der Waals surface area contributed by atoms with Crippen molar-refractivity contribution in [3.8, 4) is 0 Å². The molecule has 3 saturated heterocycles. The van der Waals surface area contributed by atoms with Gasteiger partial charge in [0.15, 0.2) is 0 Å². The second-order valence-electron chi connectivity index (χ2n) is 12.7. The molecule has 230 valence electrons. The number of thioether (sulfide) groups is 1. The summed E-state index contributed by atoms with van der Waals surface area (Å²) < 4.78 is -0.685. The van der Waals surface area contributed by atoms with Crippen LogP contribution in [0.4, 0.5) is 0 Å². The molecule has 0 radical (unpaired) electrons. The predicted octanol–water partition coefficient (Wildman–Crippen LogP) is 5.03. The number of benzene rings is 1. The standard InChI is InChI=1S/C33H46BrN3O4S/c1-6-17-35(22-23-15-11-10-12-16-23)29(39)25-26-30(40)36(19-13-8-9-14-20-38)28(33(26)21-24(34)27(25)42-33)31(41)37(18-7-2)32(3,4)5/h6-7,10-12,15-16,24-28,38H,1-2,8-9,13-14,17-22H2,3-5H3/t24?,25-,26-,27-,28?,33?/m0/s1. The summed E-state index contributed by atoms with van der Waals surface area (Å²) in [5.41, 5.74) is 0.561. The van der Waals surface area contributed by atoms with Crippen LogP contribution in [0.3, 0.4) is 0 Å². The van der Waals surface area contributed by atoms with Crippen molar-refractivity contribution in [3.63, 3.8) is 0 Å². The first kappa shape index (κ1) is 32.8. The Kier molecular flexibility index (Phi) is 10.7. The molecule has 0 saturated carbocycles. The minimum absolute atomic E-state index is 0.0186. The molecule has 7 nitrogen and oxygen atoms in total. The summed E-state index contributed by atoms with van der Waals surface area (Å²) in [6.07, 6.45) is 7.34. The van der Waals surface area contributed by atoms with Crippen LogP contribution in [0.1, 0.15) is 58.4 Å². The van der Waals surface area contributed by atoms with E-state index in [4.69, 9.17) is 0 Å². The molecule has 9 heteroatoms. The average molecular weight is 661 g/mol. The molecule has 1 spiro atoms. The first-order valence-corrected chi connectivity index (χ1v) is 16.9. The van der Waals surface area contributed by atoms with Gasteiger partial charge in [-0.1, -0.05) is 71.3 Å². The van der Waals surface area contributed by atoms with Crippen LogP contribution in [-0.4, -0.2) is 90.2 Å². The topological polar surface area (TPSA) is 81.2 Å². The van der Waals surface area contributed by atoms with Crippen LogP contribution in [-0.2, 0) is 20.9 Å². The van der Waals surface area contributed by atoms with E-state index in [1.165, 1.54) is 0 Å². The van der Waals surface area contributed by atoms with Gasteiger partial charge in [0.05, 0.1) is 16.6 Å². The maximum atomic E-state index is 14.6. The average Bonchev–Trinajstić information content (AvgIpc) is 3.54. The van der Waals surface area contributed by atoms with E-state index in [-0.39, 0.29) is 34.4 Å². The molecule has 1 aromatic rings. The van der Waals surface area contributed by atoms with Crippen molar-refractivity contribution in [1.29, 1.82) is 0 Å². The molecule has 2 bridgehead atoms. The molecule has 3 heterocycles. The predicted molar refractivity (Wildman–Crippen MR) is 173 cm³/mol. The van der Waals surface area contributed by atoms with E-state index in [0.717, 1.165) is 31.2 Å². The number of unbranched alkanes of at least 4 members (excludes halogenated alkanes) is 3. The normalized spacial score (nSPS) is 28.1. The van der Waals surface area contributed by atoms with Gasteiger partial charge in [0.1, 0.15) is 6.04 Å². The number of halogens is 1. The Labute approximate surface area is 263 Å². The number of hydrogen-bond acceptors (Lipinski definition) is 5. The fraction of sp³-hybridized carbons (Fsp3) is 0.606. The van der Waals surface area contributed by atoms with Crippen LogP contribution in [0.15, 0.2) is 55.6 Å². The number of amides is 3. The zero-order valence-electron chi connectivity index (χ0n) is 25.2. The molecule has 3 amide bonds. The Morgan fingerprint density at radius 1 is 1.10 bits per heavy atom. The molecule has 3 unspecified atom stereocenters. The number of likely N-dealkylation sites (tertiary alicyclic amines) is 1. The maximum absolute atomic E-state index is 14.6. The van der Waals surface area contributed by atoms with Gasteiger partial charge in [-0.05, 0) is 45.6 Å². The number of hydrogen-bond donors (Lipinski definition) is 1. The quantitative estimate of drug-likeness (QED) is 0.172. The summed E-state index contributed by atoms with van der Waals surface area (Å²) in [4.78, 5) is 48.9. The van der Waals surface area contributed by atoms with E-state index in [1.807, 2.05) is 60.9 Å². The molecule has 4 rings (SSSR count). The van der Waals surface area contributed by atoms with Crippen LogP contribution < -0.4 is 0 Å². The minimum Gasteiger partial charge on any atom is -0.396 e. The van der Waals surface area contributed by atoms with E-state index in [0.29, 0.717) is 32.6 Å². The molecule has 3 aliphatic rings. The molecule has 0 aromatic heterocycles. The van der Waals surface area contributed by atoms with Crippen molar-refractivity contribution in [2.75, 3.05) is 26.2 Å². The second-order valence-corrected chi connectivity index (χ2v) is 15.5. The zero-order valence-corrected chi connectivity index (χ0v) is 27.6. The number of carbonyl (C=O) groups excluding carboxylic acids is 3. The summed E-state index contributed by atoms with van der Waals surface area (Å²) >= 11 is 5.57. The Bertz CT molecular complexity index is 1160. The Hall–Kier alpha value is -2.10. The number of rotatable bonds is 14. The highest BCUT2D eigenvalue weighted by atomic mass is 79.9. The number of aliphatic hydroxyl groups excluding tert-OH is 1. The van der Waals surface area contributed by atoms with Crippen LogP contribution in [0, 0.1) is 11.8 Å². The third kappa shape index (κ3) is 6.25. The highest BCUT2D eigenvalue weighted by molar-refractivity contribution is 9.09. The third-order valence-corrected chi connectivity index (χ3v) is 12.1. The highest BCUT2D eigenvalue weighted by Gasteiger charge is 2.76. The highest BCUT2D eigenvalue weighted by Crippen LogP contribution is 2.68. The van der Waals surface area contributed by atoms with Gasteiger partial charge in [-0.15, -0.1) is 24.9 Å². The lowest BCUT2D eigenvalue weighted by Gasteiger charge is -2.42. The number of nitrogens with zero attached hydrogens (tertiary/aromatic N) is 3. The van der Waals surface area contributed by atoms with Crippen LogP contribution in [0.5, 0.6) is 0 Å². The van der Waals surface area contributed by atoms with Crippen LogP contribution >= 0.6 is 27.7 Å². The number of carbonyl (C=O) groups is 3. The van der Waals surface area contributed by atoms with Crippen molar-refractivity contribution in [1.82, 2.24) is 14.7 Å². The summed E-state index contributed by atoms with van der Waals surface area (Å²) in [6.45, 7) is 15.6. The number of alkyl halides is 1. The van der Waals surface area contributed by atoms with E-state index in [9.17, 15) is 19.5 Å². The summed E-state index contributed by atoms with van der Waals surface area (Å²) in [5, 5.41) is 9.11. The van der Waals surface area contributed by atoms with Gasteiger partial charge in [0, 0.05) is 48.4 Å². The third-order valence-electron chi connectivity index (χ3n) is 8.88. The van der Waals surface area contributed by atoms with Gasteiger partial charge < -0.3 is 19.8 Å². The maximum Gasteiger partial charge on any atom is 0.247 e. The molecular weight excluding hydrogens is 614 g/mol. The summed E-state index contributed by atoms with van der Waals surface area (Å²) in [6, 6.07) is 9.23. The first-order chi connectivity index (χ1) is 20.0. The zero-order chi connectivity index (χ0) is 30.7. The molecule has 42 heavy (non-hydrogen) atoms. The first-order valence-electron chi connectivity index (χ1n) is 15.1. The molecule has 0 aliphatic carbocycles.